The maximum atomic E-state index is 12.7. The Bertz CT molecular complexity index is 885. The highest BCUT2D eigenvalue weighted by molar-refractivity contribution is 6.30. The van der Waals surface area contributed by atoms with Crippen LogP contribution in [-0.4, -0.2) is 47.1 Å². The molecule has 1 saturated carbocycles. The summed E-state index contributed by atoms with van der Waals surface area (Å²) in [4.78, 5) is 25.4. The molecule has 0 N–H and O–H groups in total. The lowest BCUT2D eigenvalue weighted by atomic mass is 9.83. The summed E-state index contributed by atoms with van der Waals surface area (Å²) in [6.07, 6.45) is 2.07. The number of aryl methyl sites for hydroxylation is 1. The van der Waals surface area contributed by atoms with Crippen LogP contribution in [0.15, 0.2) is 30.3 Å². The fourth-order valence-electron chi connectivity index (χ4n) is 3.71. The van der Waals surface area contributed by atoms with Crippen molar-refractivity contribution in [2.24, 2.45) is 0 Å². The van der Waals surface area contributed by atoms with Crippen LogP contribution in [0.25, 0.3) is 11.3 Å². The zero-order valence-electron chi connectivity index (χ0n) is 17.5. The first-order valence-corrected chi connectivity index (χ1v) is 10.5. The minimum atomic E-state index is -1.26. The molecule has 1 aromatic heterocycles. The first-order valence-electron chi connectivity index (χ1n) is 10.1. The number of esters is 2. The van der Waals surface area contributed by atoms with E-state index in [0.717, 1.165) is 17.0 Å². The monoisotopic (exact) mass is 434 g/mol. The van der Waals surface area contributed by atoms with Gasteiger partial charge in [0.05, 0.1) is 18.4 Å². The van der Waals surface area contributed by atoms with Gasteiger partial charge in [0.25, 0.3) is 0 Å². The van der Waals surface area contributed by atoms with E-state index in [0.29, 0.717) is 30.7 Å². The highest BCUT2D eigenvalue weighted by Gasteiger charge is 2.47. The molecule has 162 valence electrons. The van der Waals surface area contributed by atoms with E-state index in [1.165, 1.54) is 0 Å². The number of hydrogen-bond donors (Lipinski definition) is 0. The van der Waals surface area contributed by atoms with Gasteiger partial charge < -0.3 is 14.2 Å². The fourth-order valence-corrected chi connectivity index (χ4v) is 3.83. The van der Waals surface area contributed by atoms with Crippen molar-refractivity contribution in [1.29, 1.82) is 0 Å². The van der Waals surface area contributed by atoms with Gasteiger partial charge in [-0.1, -0.05) is 23.7 Å². The van der Waals surface area contributed by atoms with Crippen LogP contribution in [0.1, 0.15) is 38.3 Å². The summed E-state index contributed by atoms with van der Waals surface area (Å²) >= 11 is 5.94. The molecular weight excluding hydrogens is 408 g/mol. The molecular formula is C22H27ClN2O5. The van der Waals surface area contributed by atoms with Crippen LogP contribution in [0.3, 0.4) is 0 Å². The summed E-state index contributed by atoms with van der Waals surface area (Å²) in [6.45, 7) is 3.74. The molecule has 30 heavy (non-hydrogen) atoms. The van der Waals surface area contributed by atoms with Crippen LogP contribution >= 0.6 is 11.6 Å². The van der Waals surface area contributed by atoms with Crippen molar-refractivity contribution in [2.45, 2.75) is 57.8 Å². The largest absolute Gasteiger partial charge is 0.463 e. The van der Waals surface area contributed by atoms with Gasteiger partial charge >= 0.3 is 11.9 Å². The summed E-state index contributed by atoms with van der Waals surface area (Å²) in [6, 6.07) is 9.22. The molecule has 0 unspecified atom stereocenters. The zero-order chi connectivity index (χ0) is 21.7. The van der Waals surface area contributed by atoms with Crippen molar-refractivity contribution in [3.63, 3.8) is 0 Å². The Kier molecular flexibility index (Phi) is 7.15. The van der Waals surface area contributed by atoms with Crippen molar-refractivity contribution in [1.82, 2.24) is 9.78 Å². The van der Waals surface area contributed by atoms with Crippen LogP contribution in [0.5, 0.6) is 0 Å². The third-order valence-corrected chi connectivity index (χ3v) is 5.68. The van der Waals surface area contributed by atoms with E-state index < -0.39 is 17.5 Å². The second kappa shape index (κ2) is 9.62. The van der Waals surface area contributed by atoms with E-state index in [4.69, 9.17) is 25.8 Å². The maximum Gasteiger partial charge on any atom is 0.350 e. The van der Waals surface area contributed by atoms with Crippen LogP contribution in [-0.2, 0) is 30.3 Å². The van der Waals surface area contributed by atoms with Crippen molar-refractivity contribution >= 4 is 23.5 Å². The number of nitrogens with zero attached hydrogens (tertiary/aromatic N) is 2. The smallest absolute Gasteiger partial charge is 0.350 e. The molecule has 0 spiro atoms. The molecule has 3 rings (SSSR count). The van der Waals surface area contributed by atoms with Gasteiger partial charge in [0.1, 0.15) is 6.54 Å². The van der Waals surface area contributed by atoms with Crippen LogP contribution in [0.4, 0.5) is 0 Å². The van der Waals surface area contributed by atoms with Crippen molar-refractivity contribution in [3.8, 4) is 11.3 Å². The molecule has 1 fully saturated rings. The number of halogens is 1. The Balaban J connectivity index is 1.72. The second-order valence-corrected chi connectivity index (χ2v) is 7.90. The van der Waals surface area contributed by atoms with E-state index in [1.54, 1.807) is 30.8 Å². The van der Waals surface area contributed by atoms with Crippen molar-refractivity contribution in [2.75, 3.05) is 13.7 Å². The van der Waals surface area contributed by atoms with Gasteiger partial charge in [-0.3, -0.25) is 9.48 Å². The second-order valence-electron chi connectivity index (χ2n) is 7.46. The number of benzene rings is 1. The number of hydrogen-bond acceptors (Lipinski definition) is 6. The van der Waals surface area contributed by atoms with E-state index in [1.807, 2.05) is 25.1 Å². The average Bonchev–Trinajstić information content (AvgIpc) is 3.09. The SMILES string of the molecule is CCOC(=O)C1(OC(=O)Cn2nc(-c3ccc(Cl)cc3)cc2C)CCC(OC)CC1. The molecule has 2 aromatic rings. The Hall–Kier alpha value is -2.38. The molecule has 0 saturated heterocycles. The Labute approximate surface area is 181 Å². The van der Waals surface area contributed by atoms with Crippen molar-refractivity contribution < 1.29 is 23.8 Å². The van der Waals surface area contributed by atoms with Gasteiger partial charge in [-0.15, -0.1) is 0 Å². The predicted octanol–water partition coefficient (Wildman–Crippen LogP) is 3.95. The topological polar surface area (TPSA) is 79.7 Å². The molecule has 0 aliphatic heterocycles. The standard InChI is InChI=1S/C22H27ClN2O5/c1-4-29-21(27)22(11-9-18(28-3)10-12-22)30-20(26)14-25-15(2)13-19(24-25)16-5-7-17(23)8-6-16/h5-8,13,18H,4,9-12,14H2,1-3H3. The van der Waals surface area contributed by atoms with Gasteiger partial charge in [-0.2, -0.15) is 5.10 Å². The van der Waals surface area contributed by atoms with Crippen LogP contribution in [0, 0.1) is 6.92 Å². The van der Waals surface area contributed by atoms with E-state index >= 15 is 0 Å². The summed E-state index contributed by atoms with van der Waals surface area (Å²) in [7, 11) is 1.65. The van der Waals surface area contributed by atoms with Crippen molar-refractivity contribution in [3.05, 3.63) is 41.0 Å². The minimum absolute atomic E-state index is 0.0570. The fraction of sp³-hybridized carbons (Fsp3) is 0.500. The Morgan fingerprint density at radius 2 is 1.90 bits per heavy atom. The van der Waals surface area contributed by atoms with Gasteiger partial charge in [-0.25, -0.2) is 4.79 Å². The number of aromatic nitrogens is 2. The van der Waals surface area contributed by atoms with Gasteiger partial charge in [-0.05, 0) is 44.9 Å². The molecule has 0 bridgehead atoms. The maximum absolute atomic E-state index is 12.7. The molecule has 0 radical (unpaired) electrons. The number of carbonyl (C=O) groups excluding carboxylic acids is 2. The number of ether oxygens (including phenoxy) is 3. The highest BCUT2D eigenvalue weighted by Crippen LogP contribution is 2.34. The Morgan fingerprint density at radius 1 is 1.23 bits per heavy atom. The first kappa shape index (κ1) is 22.3. The summed E-state index contributed by atoms with van der Waals surface area (Å²) in [5, 5.41) is 5.15. The summed E-state index contributed by atoms with van der Waals surface area (Å²) in [5.41, 5.74) is 1.18. The lowest BCUT2D eigenvalue weighted by Gasteiger charge is -2.36. The first-order chi connectivity index (χ1) is 14.4. The van der Waals surface area contributed by atoms with E-state index in [-0.39, 0.29) is 19.3 Å². The van der Waals surface area contributed by atoms with Gasteiger partial charge in [0, 0.05) is 36.2 Å². The van der Waals surface area contributed by atoms with Crippen LogP contribution < -0.4 is 0 Å². The molecule has 0 atom stereocenters. The van der Waals surface area contributed by atoms with Gasteiger partial charge in [0.2, 0.25) is 5.60 Å². The molecule has 1 aliphatic carbocycles. The molecule has 1 aliphatic rings. The molecule has 8 heteroatoms. The normalized spacial score (nSPS) is 21.3. The lowest BCUT2D eigenvalue weighted by molar-refractivity contribution is -0.190. The van der Waals surface area contributed by atoms with E-state index in [9.17, 15) is 9.59 Å². The van der Waals surface area contributed by atoms with Crippen LogP contribution in [0.2, 0.25) is 5.02 Å². The van der Waals surface area contributed by atoms with E-state index in [2.05, 4.69) is 5.10 Å². The number of rotatable bonds is 7. The van der Waals surface area contributed by atoms with Gasteiger partial charge in [0.15, 0.2) is 0 Å². The predicted molar refractivity (Wildman–Crippen MR) is 112 cm³/mol. The third-order valence-electron chi connectivity index (χ3n) is 5.43. The average molecular weight is 435 g/mol. The Morgan fingerprint density at radius 3 is 2.50 bits per heavy atom. The number of carbonyl (C=O) groups is 2. The molecule has 0 amide bonds. The third kappa shape index (κ3) is 5.02. The summed E-state index contributed by atoms with van der Waals surface area (Å²) < 4.78 is 17.9. The molecule has 1 aromatic carbocycles. The zero-order valence-corrected chi connectivity index (χ0v) is 18.3. The lowest BCUT2D eigenvalue weighted by Crippen LogP contribution is -2.49. The summed E-state index contributed by atoms with van der Waals surface area (Å²) in [5.74, 6) is -1.01. The highest BCUT2D eigenvalue weighted by atomic mass is 35.5. The number of methoxy groups -OCH3 is 1. The quantitative estimate of drug-likeness (QED) is 0.614. The molecule has 1 heterocycles. The molecule has 7 nitrogen and oxygen atoms in total. The minimum Gasteiger partial charge on any atom is -0.463 e.